The van der Waals surface area contributed by atoms with Gasteiger partial charge in [-0.2, -0.15) is 0 Å². The van der Waals surface area contributed by atoms with Crippen LogP contribution in [0.25, 0.3) is 0 Å². The first-order valence-corrected chi connectivity index (χ1v) is 10.0. The van der Waals surface area contributed by atoms with Gasteiger partial charge < -0.3 is 10.1 Å². The Morgan fingerprint density at radius 1 is 0.963 bits per heavy atom. The molecule has 2 unspecified atom stereocenters. The number of nitrogens with one attached hydrogen (secondary N) is 1. The molecule has 0 spiro atoms. The summed E-state index contributed by atoms with van der Waals surface area (Å²) in [6.45, 7) is -0.790. The van der Waals surface area contributed by atoms with Gasteiger partial charge in [0.15, 0.2) is 6.61 Å². The summed E-state index contributed by atoms with van der Waals surface area (Å²) in [7, 11) is 0. The lowest BCUT2D eigenvalue weighted by molar-refractivity contribution is -0.155. The van der Waals surface area contributed by atoms with E-state index in [4.69, 9.17) is 4.74 Å². The summed E-state index contributed by atoms with van der Waals surface area (Å²) < 4.78 is 5.00. The molecule has 0 bridgehead atoms. The minimum absolute atomic E-state index is 0.133. The first kappa shape index (κ1) is 19.6. The second-order valence-corrected chi connectivity index (χ2v) is 7.69. The van der Waals surface area contributed by atoms with Gasteiger partial charge in [0.2, 0.25) is 11.8 Å². The molecule has 7 nitrogen and oxygen atoms in total. The standard InChI is InChI=1S/C20H28N2O5/c23-17(21-14-8-4-2-1-3-5-9-14)13-27-18(24)12-22-19(25)15-10-6-7-11-16(15)20(22)26/h6-7,14-16H,1-5,8-13H2,(H,21,23). The van der Waals surface area contributed by atoms with E-state index in [-0.39, 0.29) is 42.2 Å². The number of imide groups is 1. The number of fused-ring (bicyclic) bond motifs is 1. The van der Waals surface area contributed by atoms with Crippen LogP contribution in [-0.4, -0.2) is 47.8 Å². The quantitative estimate of drug-likeness (QED) is 0.448. The van der Waals surface area contributed by atoms with Crippen LogP contribution in [0.3, 0.4) is 0 Å². The Bertz CT molecular complexity index is 596. The van der Waals surface area contributed by atoms with Crippen molar-refractivity contribution in [1.82, 2.24) is 10.2 Å². The molecule has 0 aromatic rings. The zero-order valence-corrected chi connectivity index (χ0v) is 15.7. The topological polar surface area (TPSA) is 92.8 Å². The van der Waals surface area contributed by atoms with Crippen LogP contribution in [0.4, 0.5) is 0 Å². The van der Waals surface area contributed by atoms with E-state index in [1.54, 1.807) is 0 Å². The van der Waals surface area contributed by atoms with Gasteiger partial charge in [-0.1, -0.05) is 44.3 Å². The number of hydrogen-bond donors (Lipinski definition) is 1. The average molecular weight is 376 g/mol. The van der Waals surface area contributed by atoms with Crippen molar-refractivity contribution in [3.8, 4) is 0 Å². The fourth-order valence-corrected chi connectivity index (χ4v) is 4.22. The fraction of sp³-hybridized carbons (Fsp3) is 0.700. The number of allylic oxidation sites excluding steroid dienone is 2. The molecule has 1 aliphatic heterocycles. The van der Waals surface area contributed by atoms with Crippen LogP contribution in [0.2, 0.25) is 0 Å². The molecule has 0 radical (unpaired) electrons. The Kier molecular flexibility index (Phi) is 6.63. The molecule has 3 rings (SSSR count). The van der Waals surface area contributed by atoms with Crippen LogP contribution in [0.15, 0.2) is 12.2 Å². The molecule has 3 aliphatic rings. The lowest BCUT2D eigenvalue weighted by Gasteiger charge is -2.21. The third-order valence-electron chi connectivity index (χ3n) is 5.72. The highest BCUT2D eigenvalue weighted by molar-refractivity contribution is 6.07. The fourth-order valence-electron chi connectivity index (χ4n) is 4.22. The Hall–Kier alpha value is -2.18. The summed E-state index contributed by atoms with van der Waals surface area (Å²) in [5.74, 6) is -2.41. The molecule has 27 heavy (non-hydrogen) atoms. The van der Waals surface area contributed by atoms with Gasteiger partial charge in [0, 0.05) is 6.04 Å². The van der Waals surface area contributed by atoms with Crippen molar-refractivity contribution in [2.75, 3.05) is 13.2 Å². The number of amides is 3. The summed E-state index contributed by atoms with van der Waals surface area (Å²) in [5.41, 5.74) is 0. The molecule has 2 aliphatic carbocycles. The molecule has 1 saturated carbocycles. The van der Waals surface area contributed by atoms with Gasteiger partial charge in [0.1, 0.15) is 6.54 Å². The first-order chi connectivity index (χ1) is 13.1. The van der Waals surface area contributed by atoms with Crippen LogP contribution in [0.5, 0.6) is 0 Å². The smallest absolute Gasteiger partial charge is 0.326 e. The maximum absolute atomic E-state index is 12.3. The molecular weight excluding hydrogens is 348 g/mol. The molecule has 0 aromatic carbocycles. The van der Waals surface area contributed by atoms with E-state index in [9.17, 15) is 19.2 Å². The number of ether oxygens (including phenoxy) is 1. The van der Waals surface area contributed by atoms with E-state index < -0.39 is 12.5 Å². The van der Waals surface area contributed by atoms with Gasteiger partial charge in [0.05, 0.1) is 11.8 Å². The van der Waals surface area contributed by atoms with Crippen LogP contribution in [0.1, 0.15) is 57.8 Å². The highest BCUT2D eigenvalue weighted by Gasteiger charge is 2.47. The average Bonchev–Trinajstić information content (AvgIpc) is 2.87. The Balaban J connectivity index is 1.42. The molecule has 7 heteroatoms. The van der Waals surface area contributed by atoms with Crippen LogP contribution < -0.4 is 5.32 Å². The van der Waals surface area contributed by atoms with Crippen molar-refractivity contribution < 1.29 is 23.9 Å². The minimum Gasteiger partial charge on any atom is -0.454 e. The van der Waals surface area contributed by atoms with E-state index in [1.165, 1.54) is 19.3 Å². The van der Waals surface area contributed by atoms with Crippen molar-refractivity contribution in [1.29, 1.82) is 0 Å². The molecular formula is C20H28N2O5. The lowest BCUT2D eigenvalue weighted by Crippen LogP contribution is -2.40. The normalized spacial score (nSPS) is 26.3. The SMILES string of the molecule is O=C(COC(=O)CN1C(=O)C2CC=CCC2C1=O)NC1CCCCCCC1. The van der Waals surface area contributed by atoms with E-state index in [1.807, 2.05) is 12.2 Å². The van der Waals surface area contributed by atoms with Crippen LogP contribution in [-0.2, 0) is 23.9 Å². The molecule has 3 amide bonds. The minimum atomic E-state index is -0.726. The molecule has 2 fully saturated rings. The third-order valence-corrected chi connectivity index (χ3v) is 5.72. The molecule has 2 atom stereocenters. The summed E-state index contributed by atoms with van der Waals surface area (Å²) in [5, 5.41) is 2.92. The summed E-state index contributed by atoms with van der Waals surface area (Å²) >= 11 is 0. The van der Waals surface area contributed by atoms with Gasteiger partial charge in [-0.05, 0) is 25.7 Å². The lowest BCUT2D eigenvalue weighted by atomic mass is 9.85. The van der Waals surface area contributed by atoms with Crippen molar-refractivity contribution in [3.05, 3.63) is 12.2 Å². The summed E-state index contributed by atoms with van der Waals surface area (Å²) in [4.78, 5) is 49.7. The van der Waals surface area contributed by atoms with Crippen LogP contribution in [0, 0.1) is 11.8 Å². The van der Waals surface area contributed by atoms with Gasteiger partial charge >= 0.3 is 5.97 Å². The summed E-state index contributed by atoms with van der Waals surface area (Å²) in [6, 6.07) is 0.133. The zero-order chi connectivity index (χ0) is 19.2. The summed E-state index contributed by atoms with van der Waals surface area (Å²) in [6.07, 6.45) is 12.6. The van der Waals surface area contributed by atoms with E-state index >= 15 is 0 Å². The highest BCUT2D eigenvalue weighted by atomic mass is 16.5. The first-order valence-electron chi connectivity index (χ1n) is 10.0. The van der Waals surface area contributed by atoms with Gasteiger partial charge in [0.25, 0.3) is 5.91 Å². The number of rotatable bonds is 5. The largest absolute Gasteiger partial charge is 0.454 e. The molecule has 1 saturated heterocycles. The van der Waals surface area contributed by atoms with Crippen molar-refractivity contribution >= 4 is 23.7 Å². The van der Waals surface area contributed by atoms with Gasteiger partial charge in [-0.25, -0.2) is 0 Å². The molecule has 0 aromatic heterocycles. The number of carbonyl (C=O) groups excluding carboxylic acids is 4. The monoisotopic (exact) mass is 376 g/mol. The van der Waals surface area contributed by atoms with Crippen molar-refractivity contribution in [2.24, 2.45) is 11.8 Å². The molecule has 1 N–H and O–H groups in total. The van der Waals surface area contributed by atoms with Crippen LogP contribution >= 0.6 is 0 Å². The molecule has 1 heterocycles. The Morgan fingerprint density at radius 2 is 1.52 bits per heavy atom. The maximum atomic E-state index is 12.3. The number of esters is 1. The predicted octanol–water partition coefficient (Wildman–Crippen LogP) is 1.71. The third kappa shape index (κ3) is 4.96. The van der Waals surface area contributed by atoms with Crippen molar-refractivity contribution in [3.63, 3.8) is 0 Å². The second-order valence-electron chi connectivity index (χ2n) is 7.69. The zero-order valence-electron chi connectivity index (χ0n) is 15.7. The highest BCUT2D eigenvalue weighted by Crippen LogP contribution is 2.34. The number of hydrogen-bond acceptors (Lipinski definition) is 5. The number of carbonyl (C=O) groups is 4. The molecule has 148 valence electrons. The van der Waals surface area contributed by atoms with Crippen molar-refractivity contribution in [2.45, 2.75) is 63.8 Å². The maximum Gasteiger partial charge on any atom is 0.326 e. The van der Waals surface area contributed by atoms with E-state index in [2.05, 4.69) is 5.32 Å². The van der Waals surface area contributed by atoms with E-state index in [0.29, 0.717) is 12.8 Å². The number of nitrogens with zero attached hydrogens (tertiary/aromatic N) is 1. The van der Waals surface area contributed by atoms with Gasteiger partial charge in [-0.15, -0.1) is 0 Å². The van der Waals surface area contributed by atoms with Gasteiger partial charge in [-0.3, -0.25) is 24.1 Å². The number of likely N-dealkylation sites (tertiary alicyclic amines) is 1. The Labute approximate surface area is 159 Å². The Morgan fingerprint density at radius 3 is 2.11 bits per heavy atom. The second kappa shape index (κ2) is 9.15. The predicted molar refractivity (Wildman–Crippen MR) is 97.3 cm³/mol. The van der Waals surface area contributed by atoms with E-state index in [0.717, 1.165) is 30.6 Å².